The van der Waals surface area contributed by atoms with Crippen LogP contribution in [-0.2, 0) is 32.7 Å². The third-order valence-electron chi connectivity index (χ3n) is 7.62. The van der Waals surface area contributed by atoms with E-state index >= 15 is 0 Å². The molecule has 0 fully saturated rings. The predicted molar refractivity (Wildman–Crippen MR) is 197 cm³/mol. The van der Waals surface area contributed by atoms with E-state index in [-0.39, 0.29) is 32.0 Å². The number of ether oxygens (including phenoxy) is 2. The lowest BCUT2D eigenvalue weighted by molar-refractivity contribution is -0.870. The zero-order chi connectivity index (χ0) is 35.8. The second-order valence-electron chi connectivity index (χ2n) is 13.6. The highest BCUT2D eigenvalue weighted by atomic mass is 31.2. The largest absolute Gasteiger partial charge is 0.472 e. The average Bonchev–Trinajstić information content (AvgIpc) is 3.02. The lowest BCUT2D eigenvalue weighted by Crippen LogP contribution is -2.37. The molecular weight excluding hydrogens is 629 g/mol. The standard InChI is InChI=1S/C38H70NO8P/c1-6-8-10-12-14-16-18-19-20-21-23-25-27-29-31-38(41)47-36(35-46-48(42,43)45-33-32-39(3,4)5)34-44-37(40)30-28-26-24-22-17-15-13-11-9-7-2/h11-14,18-19,36H,6-10,15-17,20-35H2,1-5H3/p+1/b13-11-,14-12-,19-18-. The third kappa shape index (κ3) is 34.1. The molecule has 1 N–H and O–H groups in total. The van der Waals surface area contributed by atoms with Gasteiger partial charge in [0.25, 0.3) is 0 Å². The highest BCUT2D eigenvalue weighted by Crippen LogP contribution is 2.43. The number of carbonyl (C=O) groups is 2. The summed E-state index contributed by atoms with van der Waals surface area (Å²) in [7, 11) is 1.45. The van der Waals surface area contributed by atoms with Crippen LogP contribution in [0.1, 0.15) is 142 Å². The smallest absolute Gasteiger partial charge is 0.462 e. The molecular formula is C38H71NO8P+. The Kier molecular flexibility index (Phi) is 30.1. The second kappa shape index (κ2) is 31.2. The first-order valence-corrected chi connectivity index (χ1v) is 20.2. The van der Waals surface area contributed by atoms with Gasteiger partial charge in [-0.2, -0.15) is 0 Å². The number of rotatable bonds is 33. The van der Waals surface area contributed by atoms with Crippen LogP contribution >= 0.6 is 7.82 Å². The Bertz CT molecular complexity index is 928. The minimum absolute atomic E-state index is 0.0268. The number of likely N-dealkylation sites (N-methyl/N-ethyl adjacent to an activating group) is 1. The fourth-order valence-corrected chi connectivity index (χ4v) is 5.36. The number of phosphoric ester groups is 1. The van der Waals surface area contributed by atoms with Crippen molar-refractivity contribution in [2.75, 3.05) is 47.5 Å². The van der Waals surface area contributed by atoms with Gasteiger partial charge in [0.15, 0.2) is 6.10 Å². The number of carbonyl (C=O) groups excluding carboxylic acids is 2. The van der Waals surface area contributed by atoms with Gasteiger partial charge in [-0.05, 0) is 57.8 Å². The summed E-state index contributed by atoms with van der Waals surface area (Å²) >= 11 is 0. The Morgan fingerprint density at radius 2 is 1.17 bits per heavy atom. The summed E-state index contributed by atoms with van der Waals surface area (Å²) < 4.78 is 34.1. The molecule has 280 valence electrons. The molecule has 2 unspecified atom stereocenters. The normalized spacial score (nSPS) is 14.2. The first kappa shape index (κ1) is 46.2. The Morgan fingerprint density at radius 3 is 1.75 bits per heavy atom. The second-order valence-corrected chi connectivity index (χ2v) is 15.1. The number of hydrogen-bond donors (Lipinski definition) is 1. The number of allylic oxidation sites excluding steroid dienone is 6. The molecule has 48 heavy (non-hydrogen) atoms. The van der Waals surface area contributed by atoms with Crippen molar-refractivity contribution in [3.63, 3.8) is 0 Å². The maximum atomic E-state index is 12.6. The fourth-order valence-electron chi connectivity index (χ4n) is 4.62. The van der Waals surface area contributed by atoms with Crippen LogP contribution in [0.3, 0.4) is 0 Å². The van der Waals surface area contributed by atoms with Crippen molar-refractivity contribution in [3.8, 4) is 0 Å². The molecule has 0 saturated heterocycles. The molecule has 0 heterocycles. The number of unbranched alkanes of at least 4 members (excludes halogenated alkanes) is 13. The first-order chi connectivity index (χ1) is 23.0. The van der Waals surface area contributed by atoms with E-state index in [1.807, 2.05) is 21.1 Å². The maximum Gasteiger partial charge on any atom is 0.472 e. The molecule has 0 bridgehead atoms. The van der Waals surface area contributed by atoms with Gasteiger partial charge in [0.05, 0.1) is 27.7 Å². The van der Waals surface area contributed by atoms with E-state index in [0.29, 0.717) is 17.4 Å². The molecule has 10 heteroatoms. The third-order valence-corrected chi connectivity index (χ3v) is 8.61. The van der Waals surface area contributed by atoms with Gasteiger partial charge in [0, 0.05) is 12.8 Å². The average molecular weight is 701 g/mol. The van der Waals surface area contributed by atoms with Crippen LogP contribution in [0.2, 0.25) is 0 Å². The Hall–Kier alpha value is -1.77. The zero-order valence-electron chi connectivity index (χ0n) is 31.2. The van der Waals surface area contributed by atoms with Gasteiger partial charge >= 0.3 is 19.8 Å². The Morgan fingerprint density at radius 1 is 0.646 bits per heavy atom. The summed E-state index contributed by atoms with van der Waals surface area (Å²) in [6.07, 6.45) is 31.9. The van der Waals surface area contributed by atoms with Gasteiger partial charge in [-0.3, -0.25) is 18.6 Å². The van der Waals surface area contributed by atoms with Crippen molar-refractivity contribution in [1.82, 2.24) is 0 Å². The molecule has 0 rings (SSSR count). The van der Waals surface area contributed by atoms with E-state index in [1.54, 1.807) is 0 Å². The summed E-state index contributed by atoms with van der Waals surface area (Å²) in [5, 5.41) is 0. The van der Waals surface area contributed by atoms with Crippen molar-refractivity contribution < 1.29 is 42.1 Å². The van der Waals surface area contributed by atoms with Crippen LogP contribution in [-0.4, -0.2) is 74.9 Å². The van der Waals surface area contributed by atoms with Gasteiger partial charge in [-0.15, -0.1) is 0 Å². The quantitative estimate of drug-likeness (QED) is 0.0237. The van der Waals surface area contributed by atoms with Crippen LogP contribution in [0, 0.1) is 0 Å². The molecule has 9 nitrogen and oxygen atoms in total. The molecule has 0 aliphatic carbocycles. The van der Waals surface area contributed by atoms with Crippen molar-refractivity contribution in [2.45, 2.75) is 148 Å². The highest BCUT2D eigenvalue weighted by Gasteiger charge is 2.27. The molecule has 0 aromatic carbocycles. The number of nitrogens with zero attached hydrogens (tertiary/aromatic N) is 1. The van der Waals surface area contributed by atoms with Crippen LogP contribution < -0.4 is 0 Å². The van der Waals surface area contributed by atoms with E-state index in [2.05, 4.69) is 50.3 Å². The minimum atomic E-state index is -4.37. The van der Waals surface area contributed by atoms with Gasteiger partial charge in [0.1, 0.15) is 19.8 Å². The highest BCUT2D eigenvalue weighted by molar-refractivity contribution is 7.47. The zero-order valence-corrected chi connectivity index (χ0v) is 32.1. The summed E-state index contributed by atoms with van der Waals surface area (Å²) in [5.74, 6) is -0.832. The molecule has 0 aliphatic rings. The molecule has 2 atom stereocenters. The number of phosphoric acid groups is 1. The van der Waals surface area contributed by atoms with Crippen LogP contribution in [0.15, 0.2) is 36.5 Å². The lowest BCUT2D eigenvalue weighted by atomic mass is 10.1. The summed E-state index contributed by atoms with van der Waals surface area (Å²) in [6.45, 7) is 4.26. The summed E-state index contributed by atoms with van der Waals surface area (Å²) in [6, 6.07) is 0. The summed E-state index contributed by atoms with van der Waals surface area (Å²) in [5.41, 5.74) is 0. The van der Waals surface area contributed by atoms with Gasteiger partial charge < -0.3 is 18.9 Å². The molecule has 0 spiro atoms. The molecule has 0 aromatic heterocycles. The summed E-state index contributed by atoms with van der Waals surface area (Å²) in [4.78, 5) is 35.1. The Balaban J connectivity index is 4.49. The van der Waals surface area contributed by atoms with Crippen molar-refractivity contribution in [2.24, 2.45) is 0 Å². The van der Waals surface area contributed by atoms with E-state index in [0.717, 1.165) is 89.9 Å². The first-order valence-electron chi connectivity index (χ1n) is 18.7. The van der Waals surface area contributed by atoms with Crippen LogP contribution in [0.25, 0.3) is 0 Å². The van der Waals surface area contributed by atoms with Crippen molar-refractivity contribution >= 4 is 19.8 Å². The molecule has 0 amide bonds. The van der Waals surface area contributed by atoms with E-state index in [1.165, 1.54) is 19.3 Å². The Labute approximate surface area is 293 Å². The van der Waals surface area contributed by atoms with E-state index in [4.69, 9.17) is 18.5 Å². The maximum absolute atomic E-state index is 12.6. The molecule has 0 saturated carbocycles. The van der Waals surface area contributed by atoms with Gasteiger partial charge in [-0.25, -0.2) is 4.57 Å². The number of esters is 2. The molecule has 0 aromatic rings. The predicted octanol–water partition coefficient (Wildman–Crippen LogP) is 9.79. The molecule has 0 aliphatic heterocycles. The van der Waals surface area contributed by atoms with Gasteiger partial charge in [-0.1, -0.05) is 108 Å². The monoisotopic (exact) mass is 700 g/mol. The van der Waals surface area contributed by atoms with E-state index in [9.17, 15) is 19.0 Å². The van der Waals surface area contributed by atoms with Gasteiger partial charge in [0.2, 0.25) is 0 Å². The lowest BCUT2D eigenvalue weighted by Gasteiger charge is -2.24. The van der Waals surface area contributed by atoms with Crippen molar-refractivity contribution in [3.05, 3.63) is 36.5 Å². The SMILES string of the molecule is CCC/C=C\CCCCCCCC(=O)OCC(COP(=O)(O)OCC[N+](C)(C)C)OC(=O)CCCCCCC/C=C\C/C=C\CCCC. The number of quaternary nitrogens is 1. The fraction of sp³-hybridized carbons (Fsp3) is 0.789. The molecule has 0 radical (unpaired) electrons. The van der Waals surface area contributed by atoms with Crippen molar-refractivity contribution in [1.29, 1.82) is 0 Å². The topological polar surface area (TPSA) is 108 Å². The minimum Gasteiger partial charge on any atom is -0.462 e. The number of hydrogen-bond acceptors (Lipinski definition) is 7. The van der Waals surface area contributed by atoms with E-state index < -0.39 is 26.5 Å². The van der Waals surface area contributed by atoms with Crippen LogP contribution in [0.4, 0.5) is 0 Å². The van der Waals surface area contributed by atoms with Crippen LogP contribution in [0.5, 0.6) is 0 Å².